The van der Waals surface area contributed by atoms with Crippen molar-refractivity contribution >= 4 is 10.9 Å². The fourth-order valence-corrected chi connectivity index (χ4v) is 3.21. The van der Waals surface area contributed by atoms with Crippen molar-refractivity contribution in [2.24, 2.45) is 0 Å². The van der Waals surface area contributed by atoms with Crippen LogP contribution in [0.25, 0.3) is 10.9 Å². The summed E-state index contributed by atoms with van der Waals surface area (Å²) in [5.74, 6) is 0. The number of benzene rings is 2. The first-order valence-electron chi connectivity index (χ1n) is 8.60. The smallest absolute Gasteiger partial charge is 0.137 e. The molecule has 3 N–H and O–H groups in total. The maximum Gasteiger partial charge on any atom is 0.137 e. The summed E-state index contributed by atoms with van der Waals surface area (Å²) in [7, 11) is 0. The molecular formula is C20H21N5O. The minimum absolute atomic E-state index is 0.334. The van der Waals surface area contributed by atoms with E-state index in [2.05, 4.69) is 44.6 Å². The zero-order chi connectivity index (χ0) is 17.8. The Labute approximate surface area is 151 Å². The molecule has 0 saturated heterocycles. The molecule has 0 saturated carbocycles. The van der Waals surface area contributed by atoms with E-state index in [0.29, 0.717) is 19.6 Å². The molecule has 4 rings (SSSR count). The van der Waals surface area contributed by atoms with Gasteiger partial charge in [0.05, 0.1) is 6.54 Å². The maximum atomic E-state index is 11.3. The average Bonchev–Trinajstić information content (AvgIpc) is 3.33. The first-order chi connectivity index (χ1) is 12.7. The molecule has 0 aliphatic rings. The van der Waals surface area contributed by atoms with Crippen LogP contribution < -0.4 is 5.32 Å². The summed E-state index contributed by atoms with van der Waals surface area (Å²) < 4.78 is 1.65. The number of aliphatic hydroxyl groups is 1. The van der Waals surface area contributed by atoms with Gasteiger partial charge in [-0.1, -0.05) is 36.4 Å². The zero-order valence-electron chi connectivity index (χ0n) is 14.3. The number of hydrogen-bond acceptors (Lipinski definition) is 4. The van der Waals surface area contributed by atoms with Gasteiger partial charge in [0.15, 0.2) is 0 Å². The zero-order valence-corrected chi connectivity index (χ0v) is 14.3. The standard InChI is InChI=1S/C20H21N5O/c26-20(13-25-15-22-14-24-25,18-4-2-1-3-5-18)12-21-11-16-6-7-19-17(10-16)8-9-23-19/h1-10,14-15,21,23,26H,11-13H2. The molecule has 0 spiro atoms. The van der Waals surface area contributed by atoms with Crippen LogP contribution in [0.2, 0.25) is 0 Å². The number of aromatic nitrogens is 4. The Kier molecular flexibility index (Phi) is 4.51. The predicted molar refractivity (Wildman–Crippen MR) is 100 cm³/mol. The summed E-state index contributed by atoms with van der Waals surface area (Å²) in [6, 6.07) is 18.1. The summed E-state index contributed by atoms with van der Waals surface area (Å²) in [6.45, 7) is 1.41. The van der Waals surface area contributed by atoms with Gasteiger partial charge >= 0.3 is 0 Å². The number of H-pyrrole nitrogens is 1. The Bertz CT molecular complexity index is 964. The molecule has 132 valence electrons. The largest absolute Gasteiger partial charge is 0.382 e. The normalized spacial score (nSPS) is 13.7. The van der Waals surface area contributed by atoms with Crippen molar-refractivity contribution in [3.8, 4) is 0 Å². The molecule has 0 radical (unpaired) electrons. The van der Waals surface area contributed by atoms with Crippen LogP contribution in [0.15, 0.2) is 73.4 Å². The molecule has 6 nitrogen and oxygen atoms in total. The topological polar surface area (TPSA) is 78.8 Å². The Hall–Kier alpha value is -2.96. The highest BCUT2D eigenvalue weighted by Crippen LogP contribution is 2.22. The first-order valence-corrected chi connectivity index (χ1v) is 8.60. The number of hydrogen-bond donors (Lipinski definition) is 3. The van der Waals surface area contributed by atoms with Crippen LogP contribution in [-0.4, -0.2) is 31.4 Å². The lowest BCUT2D eigenvalue weighted by Gasteiger charge is -2.29. The second kappa shape index (κ2) is 7.11. The molecule has 0 aliphatic heterocycles. The van der Waals surface area contributed by atoms with Crippen LogP contribution >= 0.6 is 0 Å². The Morgan fingerprint density at radius 1 is 1.12 bits per heavy atom. The van der Waals surface area contributed by atoms with E-state index in [9.17, 15) is 5.11 Å². The average molecular weight is 347 g/mol. The van der Waals surface area contributed by atoms with E-state index in [1.165, 1.54) is 17.3 Å². The summed E-state index contributed by atoms with van der Waals surface area (Å²) in [6.07, 6.45) is 5.03. The molecule has 6 heteroatoms. The molecule has 0 amide bonds. The highest BCUT2D eigenvalue weighted by Gasteiger charge is 2.29. The Balaban J connectivity index is 1.49. The van der Waals surface area contributed by atoms with Gasteiger partial charge in [-0.2, -0.15) is 5.10 Å². The van der Waals surface area contributed by atoms with E-state index in [1.54, 1.807) is 11.0 Å². The molecule has 2 aromatic heterocycles. The van der Waals surface area contributed by atoms with E-state index < -0.39 is 5.60 Å². The third kappa shape index (κ3) is 3.51. The number of rotatable bonds is 7. The van der Waals surface area contributed by atoms with E-state index in [-0.39, 0.29) is 0 Å². The highest BCUT2D eigenvalue weighted by atomic mass is 16.3. The first kappa shape index (κ1) is 16.5. The van der Waals surface area contributed by atoms with Crippen LogP contribution in [0.3, 0.4) is 0 Å². The molecule has 1 atom stereocenters. The van der Waals surface area contributed by atoms with Gasteiger partial charge in [-0.15, -0.1) is 0 Å². The lowest BCUT2D eigenvalue weighted by Crippen LogP contribution is -2.41. The maximum absolute atomic E-state index is 11.3. The van der Waals surface area contributed by atoms with Gasteiger partial charge in [-0.05, 0) is 34.7 Å². The fraction of sp³-hybridized carbons (Fsp3) is 0.200. The van der Waals surface area contributed by atoms with Gasteiger partial charge in [0.25, 0.3) is 0 Å². The quantitative estimate of drug-likeness (QED) is 0.480. The molecule has 2 aromatic carbocycles. The second-order valence-electron chi connectivity index (χ2n) is 6.49. The molecule has 0 fully saturated rings. The SMILES string of the molecule is OC(CNCc1ccc2[nH]ccc2c1)(Cn1cncn1)c1ccccc1. The minimum Gasteiger partial charge on any atom is -0.382 e. The van der Waals surface area contributed by atoms with Crippen LogP contribution in [0.1, 0.15) is 11.1 Å². The van der Waals surface area contributed by atoms with Crippen LogP contribution in [-0.2, 0) is 18.7 Å². The van der Waals surface area contributed by atoms with Crippen molar-refractivity contribution in [1.82, 2.24) is 25.1 Å². The lowest BCUT2D eigenvalue weighted by molar-refractivity contribution is 0.0151. The third-order valence-corrected chi connectivity index (χ3v) is 4.57. The molecule has 0 aliphatic carbocycles. The lowest BCUT2D eigenvalue weighted by atomic mass is 9.93. The molecule has 4 aromatic rings. The van der Waals surface area contributed by atoms with E-state index in [1.807, 2.05) is 36.5 Å². The van der Waals surface area contributed by atoms with Crippen molar-refractivity contribution in [3.05, 3.63) is 84.6 Å². The number of fused-ring (bicyclic) bond motifs is 1. The van der Waals surface area contributed by atoms with Crippen LogP contribution in [0.4, 0.5) is 0 Å². The number of nitrogens with zero attached hydrogens (tertiary/aromatic N) is 3. The van der Waals surface area contributed by atoms with Gasteiger partial charge < -0.3 is 15.4 Å². The third-order valence-electron chi connectivity index (χ3n) is 4.57. The van der Waals surface area contributed by atoms with E-state index in [0.717, 1.165) is 11.1 Å². The van der Waals surface area contributed by atoms with Gasteiger partial charge in [-0.3, -0.25) is 0 Å². The van der Waals surface area contributed by atoms with E-state index >= 15 is 0 Å². The van der Waals surface area contributed by atoms with Crippen molar-refractivity contribution in [3.63, 3.8) is 0 Å². The van der Waals surface area contributed by atoms with Gasteiger partial charge in [0.2, 0.25) is 0 Å². The van der Waals surface area contributed by atoms with Gasteiger partial charge in [-0.25, -0.2) is 9.67 Å². The molecule has 26 heavy (non-hydrogen) atoms. The van der Waals surface area contributed by atoms with Crippen molar-refractivity contribution < 1.29 is 5.11 Å². The van der Waals surface area contributed by atoms with Crippen molar-refractivity contribution in [2.75, 3.05) is 6.54 Å². The van der Waals surface area contributed by atoms with Gasteiger partial charge in [0, 0.05) is 24.8 Å². The van der Waals surface area contributed by atoms with E-state index in [4.69, 9.17) is 0 Å². The van der Waals surface area contributed by atoms with Gasteiger partial charge in [0.1, 0.15) is 18.3 Å². The Morgan fingerprint density at radius 2 is 2.00 bits per heavy atom. The molecule has 2 heterocycles. The van der Waals surface area contributed by atoms with Crippen molar-refractivity contribution in [2.45, 2.75) is 18.7 Å². The Morgan fingerprint density at radius 3 is 2.81 bits per heavy atom. The minimum atomic E-state index is -1.08. The molecule has 1 unspecified atom stereocenters. The molecular weight excluding hydrogens is 326 g/mol. The molecule has 0 bridgehead atoms. The summed E-state index contributed by atoms with van der Waals surface area (Å²) in [5, 5.41) is 20.0. The number of nitrogens with one attached hydrogen (secondary N) is 2. The summed E-state index contributed by atoms with van der Waals surface area (Å²) >= 11 is 0. The van der Waals surface area contributed by atoms with Crippen LogP contribution in [0.5, 0.6) is 0 Å². The summed E-state index contributed by atoms with van der Waals surface area (Å²) in [5.41, 5.74) is 2.07. The summed E-state index contributed by atoms with van der Waals surface area (Å²) in [4.78, 5) is 7.17. The fourth-order valence-electron chi connectivity index (χ4n) is 3.21. The predicted octanol–water partition coefficient (Wildman–Crippen LogP) is 2.44. The second-order valence-corrected chi connectivity index (χ2v) is 6.49. The monoisotopic (exact) mass is 347 g/mol. The van der Waals surface area contributed by atoms with Crippen LogP contribution in [0, 0.1) is 0 Å². The number of aromatic amines is 1. The van der Waals surface area contributed by atoms with Crippen molar-refractivity contribution in [1.29, 1.82) is 0 Å². The highest BCUT2D eigenvalue weighted by molar-refractivity contribution is 5.79.